The van der Waals surface area contributed by atoms with Gasteiger partial charge in [-0.3, -0.25) is 0 Å². The van der Waals surface area contributed by atoms with Crippen molar-refractivity contribution in [1.82, 2.24) is 0 Å². The lowest BCUT2D eigenvalue weighted by molar-refractivity contribution is 0.592. The zero-order valence-corrected chi connectivity index (χ0v) is 20.2. The van der Waals surface area contributed by atoms with Gasteiger partial charge in [-0.1, -0.05) is 146 Å². The Labute approximate surface area is 206 Å². The van der Waals surface area contributed by atoms with Crippen molar-refractivity contribution in [3.8, 4) is 0 Å². The normalized spacial score (nSPS) is 11.8. The fraction of sp³-hybridized carbons (Fsp3) is 0.0323. The molecule has 1 nitrogen and oxygen atoms in total. The largest absolute Gasteiger partial charge is 0.309 e. The highest BCUT2D eigenvalue weighted by atomic mass is 35.5. The van der Waals surface area contributed by atoms with Crippen molar-refractivity contribution in [3.63, 3.8) is 0 Å². The molecule has 0 saturated heterocycles. The molecule has 166 valence electrons. The summed E-state index contributed by atoms with van der Waals surface area (Å²) in [6, 6.07) is 47.4. The third-order valence-electron chi connectivity index (χ3n) is 6.20. The van der Waals surface area contributed by atoms with E-state index in [1.54, 1.807) is 0 Å². The lowest BCUT2D eigenvalue weighted by Crippen LogP contribution is -2.34. The lowest BCUT2D eigenvalue weighted by atomic mass is 9.84. The van der Waals surface area contributed by atoms with Gasteiger partial charge in [-0.15, -0.1) is 11.6 Å². The van der Waals surface area contributed by atoms with Crippen LogP contribution in [0.15, 0.2) is 146 Å². The molecule has 0 aromatic heterocycles. The predicted octanol–water partition coefficient (Wildman–Crippen LogP) is 6.86. The van der Waals surface area contributed by atoms with Gasteiger partial charge in [0.25, 0.3) is 0 Å². The first-order chi connectivity index (χ1) is 16.6. The summed E-state index contributed by atoms with van der Waals surface area (Å²) in [5, 5.41) is 2.32. The number of hydrogen-bond acceptors (Lipinski definition) is 1. The Morgan fingerprint density at radius 2 is 0.824 bits per heavy atom. The van der Waals surface area contributed by atoms with E-state index < -0.39 is 12.0 Å². The highest BCUT2D eigenvalue weighted by Gasteiger charge is 2.41. The molecular weight excluding hydrogens is 455 g/mol. The van der Waals surface area contributed by atoms with Crippen LogP contribution in [0.5, 0.6) is 0 Å². The average Bonchev–Trinajstić information content (AvgIpc) is 2.94. The second kappa shape index (κ2) is 9.47. The standard InChI is InChI=1S/C31H24ClOP/c32-31(25-15-5-1-6-16-25,26-17-7-2-8-18-26)29-23-13-14-24-30(29)34(33,27-19-9-3-10-20-27)28-21-11-4-12-22-28/h1-24H. The van der Waals surface area contributed by atoms with E-state index in [-0.39, 0.29) is 0 Å². The van der Waals surface area contributed by atoms with Crippen LogP contribution in [0.2, 0.25) is 0 Å². The summed E-state index contributed by atoms with van der Waals surface area (Å²) >= 11 is 7.68. The molecule has 0 unspecified atom stereocenters. The maximum absolute atomic E-state index is 15.3. The van der Waals surface area contributed by atoms with E-state index in [9.17, 15) is 0 Å². The second-order valence-corrected chi connectivity index (χ2v) is 11.5. The van der Waals surface area contributed by atoms with E-state index in [2.05, 4.69) is 0 Å². The van der Waals surface area contributed by atoms with Crippen molar-refractivity contribution >= 4 is 34.7 Å². The van der Waals surface area contributed by atoms with Crippen LogP contribution in [0.3, 0.4) is 0 Å². The SMILES string of the molecule is O=P(c1ccccc1)(c1ccccc1)c1ccccc1C(Cl)(c1ccccc1)c1ccccc1. The minimum Gasteiger partial charge on any atom is -0.309 e. The Morgan fingerprint density at radius 1 is 0.471 bits per heavy atom. The molecule has 0 aliphatic rings. The van der Waals surface area contributed by atoms with E-state index in [1.165, 1.54) is 0 Å². The third-order valence-corrected chi connectivity index (χ3v) is 9.96. The van der Waals surface area contributed by atoms with Gasteiger partial charge in [0.05, 0.1) is 0 Å². The minimum atomic E-state index is -3.24. The minimum absolute atomic E-state index is 0.745. The maximum atomic E-state index is 15.3. The van der Waals surface area contributed by atoms with Crippen LogP contribution in [-0.4, -0.2) is 0 Å². The van der Waals surface area contributed by atoms with Crippen LogP contribution in [0.25, 0.3) is 0 Å². The first-order valence-corrected chi connectivity index (χ1v) is 13.3. The molecule has 0 fully saturated rings. The Morgan fingerprint density at radius 3 is 1.26 bits per heavy atom. The van der Waals surface area contributed by atoms with Gasteiger partial charge in [0, 0.05) is 15.9 Å². The van der Waals surface area contributed by atoms with Crippen LogP contribution < -0.4 is 15.9 Å². The van der Waals surface area contributed by atoms with Gasteiger partial charge in [-0.25, -0.2) is 0 Å². The molecule has 0 bridgehead atoms. The van der Waals surface area contributed by atoms with Crippen molar-refractivity contribution < 1.29 is 4.57 Å². The number of rotatable bonds is 6. The predicted molar refractivity (Wildman–Crippen MR) is 144 cm³/mol. The van der Waals surface area contributed by atoms with Crippen LogP contribution >= 0.6 is 18.7 Å². The van der Waals surface area contributed by atoms with E-state index in [0.717, 1.165) is 32.6 Å². The van der Waals surface area contributed by atoms with E-state index in [1.807, 2.05) is 146 Å². The van der Waals surface area contributed by atoms with Crippen molar-refractivity contribution in [2.45, 2.75) is 4.87 Å². The molecule has 0 spiro atoms. The highest BCUT2D eigenvalue weighted by Crippen LogP contribution is 2.49. The van der Waals surface area contributed by atoms with Crippen LogP contribution in [0, 0.1) is 0 Å². The summed E-state index contributed by atoms with van der Waals surface area (Å²) in [4.78, 5) is -1.02. The number of hydrogen-bond donors (Lipinski definition) is 0. The van der Waals surface area contributed by atoms with E-state index in [4.69, 9.17) is 11.6 Å². The Bertz CT molecular complexity index is 1340. The molecule has 0 aliphatic heterocycles. The summed E-state index contributed by atoms with van der Waals surface area (Å²) in [6.45, 7) is 0. The van der Waals surface area contributed by atoms with E-state index >= 15 is 4.57 Å². The molecule has 5 rings (SSSR count). The Hall–Kier alpha value is -3.38. The van der Waals surface area contributed by atoms with Gasteiger partial charge >= 0.3 is 0 Å². The fourth-order valence-electron chi connectivity index (χ4n) is 4.56. The monoisotopic (exact) mass is 478 g/mol. The summed E-state index contributed by atoms with van der Waals surface area (Å²) in [7, 11) is -3.24. The fourth-order valence-corrected chi connectivity index (χ4v) is 7.95. The van der Waals surface area contributed by atoms with Gasteiger partial charge in [0.15, 0.2) is 7.14 Å². The number of benzene rings is 5. The Balaban J connectivity index is 1.86. The van der Waals surface area contributed by atoms with Crippen molar-refractivity contribution in [2.24, 2.45) is 0 Å². The molecule has 0 saturated carbocycles. The van der Waals surface area contributed by atoms with Crippen LogP contribution in [0.1, 0.15) is 16.7 Å². The maximum Gasteiger partial charge on any atom is 0.171 e. The van der Waals surface area contributed by atoms with Gasteiger partial charge in [-0.2, -0.15) is 0 Å². The van der Waals surface area contributed by atoms with Gasteiger partial charge in [0.1, 0.15) is 4.87 Å². The Kier molecular flexibility index (Phi) is 6.24. The molecule has 0 radical (unpaired) electrons. The molecule has 0 heterocycles. The summed E-state index contributed by atoms with van der Waals surface area (Å²) in [5.74, 6) is 0. The number of alkyl halides is 1. The third kappa shape index (κ3) is 3.82. The molecule has 0 atom stereocenters. The van der Waals surface area contributed by atoms with Crippen molar-refractivity contribution in [1.29, 1.82) is 0 Å². The van der Waals surface area contributed by atoms with Gasteiger partial charge in [-0.05, 0) is 16.7 Å². The molecule has 0 aliphatic carbocycles. The molecule has 5 aromatic rings. The van der Waals surface area contributed by atoms with Crippen LogP contribution in [-0.2, 0) is 9.44 Å². The number of halogens is 1. The summed E-state index contributed by atoms with van der Waals surface area (Å²) in [5.41, 5.74) is 2.69. The summed E-state index contributed by atoms with van der Waals surface area (Å²) < 4.78 is 15.3. The summed E-state index contributed by atoms with van der Waals surface area (Å²) in [6.07, 6.45) is 0. The molecule has 5 aromatic carbocycles. The smallest absolute Gasteiger partial charge is 0.171 e. The van der Waals surface area contributed by atoms with E-state index in [0.29, 0.717) is 0 Å². The first-order valence-electron chi connectivity index (χ1n) is 11.3. The van der Waals surface area contributed by atoms with Gasteiger partial charge in [0.2, 0.25) is 0 Å². The highest BCUT2D eigenvalue weighted by molar-refractivity contribution is 7.85. The zero-order valence-electron chi connectivity index (χ0n) is 18.6. The van der Waals surface area contributed by atoms with Crippen molar-refractivity contribution in [2.75, 3.05) is 0 Å². The lowest BCUT2D eigenvalue weighted by Gasteiger charge is -2.33. The quantitative estimate of drug-likeness (QED) is 0.148. The molecule has 3 heteroatoms. The zero-order chi connectivity index (χ0) is 23.4. The van der Waals surface area contributed by atoms with Crippen molar-refractivity contribution in [3.05, 3.63) is 162 Å². The first kappa shape index (κ1) is 22.4. The molecule has 0 N–H and O–H groups in total. The molecule has 0 amide bonds. The topological polar surface area (TPSA) is 17.1 Å². The van der Waals surface area contributed by atoms with Crippen LogP contribution in [0.4, 0.5) is 0 Å². The molecule has 34 heavy (non-hydrogen) atoms. The average molecular weight is 479 g/mol. The van der Waals surface area contributed by atoms with Gasteiger partial charge < -0.3 is 4.57 Å². The molecular formula is C31H24ClOP. The second-order valence-electron chi connectivity index (χ2n) is 8.19.